The molecule has 6 heterocycles. The molecule has 8 aromatic rings. The SMILES string of the molecule is CSc1cc2c3c(c1)N(SC)c1cc4c(cc1B3c1ccccc1O2)B1c2cc3c(cc2N(SC)c2cc(SC)cc(c21)N4SC)Nc1cc(SC)cc2c1B3c1ccccc1N2c1ccccc1. The quantitative estimate of drug-likeness (QED) is 0.0940. The summed E-state index contributed by atoms with van der Waals surface area (Å²) in [6.45, 7) is -0.00139. The van der Waals surface area contributed by atoms with Gasteiger partial charge in [-0.05, 0) is 177 Å². The van der Waals surface area contributed by atoms with E-state index >= 15 is 0 Å². The van der Waals surface area contributed by atoms with E-state index in [2.05, 4.69) is 200 Å². The Labute approximate surface area is 430 Å². The summed E-state index contributed by atoms with van der Waals surface area (Å²) in [6, 6.07) is 53.1. The lowest BCUT2D eigenvalue weighted by molar-refractivity contribution is 0.486. The molecule has 6 nitrogen and oxygen atoms in total. The first-order valence-corrected chi connectivity index (χ1v) is 30.2. The van der Waals surface area contributed by atoms with Crippen molar-refractivity contribution in [3.05, 3.63) is 140 Å². The van der Waals surface area contributed by atoms with E-state index in [1.165, 1.54) is 115 Å². The van der Waals surface area contributed by atoms with Crippen LogP contribution in [0.25, 0.3) is 0 Å². The molecule has 0 atom stereocenters. The zero-order chi connectivity index (χ0) is 46.4. The maximum absolute atomic E-state index is 6.83. The molecular formula is C54H42B3N5OS6. The molecule has 6 aliphatic heterocycles. The number of thioether (sulfide) groups is 3. The van der Waals surface area contributed by atoms with Crippen molar-refractivity contribution in [1.29, 1.82) is 0 Å². The third-order valence-corrected chi connectivity index (χ3v) is 19.2. The summed E-state index contributed by atoms with van der Waals surface area (Å²) in [7, 11) is 0. The van der Waals surface area contributed by atoms with E-state index in [0.717, 1.165) is 22.9 Å². The molecule has 6 aliphatic rings. The number of nitrogens with zero attached hydrogens (tertiary/aromatic N) is 4. The summed E-state index contributed by atoms with van der Waals surface area (Å²) < 4.78 is 14.3. The van der Waals surface area contributed by atoms with E-state index in [4.69, 9.17) is 4.74 Å². The average Bonchev–Trinajstić information content (AvgIpc) is 3.39. The van der Waals surface area contributed by atoms with Crippen molar-refractivity contribution in [2.45, 2.75) is 14.7 Å². The number of rotatable bonds is 7. The van der Waals surface area contributed by atoms with E-state index in [1.54, 1.807) is 59.4 Å². The zero-order valence-corrected chi connectivity index (χ0v) is 43.6. The van der Waals surface area contributed by atoms with E-state index in [0.29, 0.717) is 0 Å². The van der Waals surface area contributed by atoms with E-state index in [9.17, 15) is 0 Å². The summed E-state index contributed by atoms with van der Waals surface area (Å²) in [4.78, 5) is 6.17. The van der Waals surface area contributed by atoms with Crippen molar-refractivity contribution >= 4 is 203 Å². The predicted octanol–water partition coefficient (Wildman–Crippen LogP) is 9.54. The standard InChI is InChI=1S/C54H42B3N5OS6/c1-64-31-20-41-52-46(21-31)59(30-14-8-7-9-15-30)42-18-12-10-16-34(42)55(52)36-26-37-43(28-40(36)58-41)60(67-4)47-22-32(65-2)23-48-53(47)57(37)39-27-38-44(29-45(39)61(48)68-5)62(69-6)49-24-33(66-3)25-51-54(49)56(38)35-17-11-13-19-50(35)63-51/h7-29,58H,1-6H3. The first-order valence-electron chi connectivity index (χ1n) is 23.0. The molecule has 0 aliphatic carbocycles. The van der Waals surface area contributed by atoms with Crippen LogP contribution in [0.3, 0.4) is 0 Å². The number of ether oxygens (including phenoxy) is 1. The molecule has 0 aromatic heterocycles. The summed E-state index contributed by atoms with van der Waals surface area (Å²) in [6.07, 6.45) is 13.2. The molecule has 0 unspecified atom stereocenters. The van der Waals surface area contributed by atoms with Gasteiger partial charge < -0.3 is 15.0 Å². The molecule has 0 fully saturated rings. The first kappa shape index (κ1) is 42.7. The lowest BCUT2D eigenvalue weighted by Crippen LogP contribution is -2.66. The van der Waals surface area contributed by atoms with Gasteiger partial charge in [0, 0.05) is 79.0 Å². The Kier molecular flexibility index (Phi) is 10.0. The fourth-order valence-corrected chi connectivity index (χ4v) is 15.6. The van der Waals surface area contributed by atoms with Gasteiger partial charge in [0.15, 0.2) is 0 Å². The van der Waals surface area contributed by atoms with Crippen LogP contribution in [0, 0.1) is 0 Å². The van der Waals surface area contributed by atoms with Crippen molar-refractivity contribution < 1.29 is 4.74 Å². The van der Waals surface area contributed by atoms with Gasteiger partial charge in [0.1, 0.15) is 11.5 Å². The van der Waals surface area contributed by atoms with Crippen molar-refractivity contribution in [3.63, 3.8) is 0 Å². The number of fused-ring (bicyclic) bond motifs is 12. The van der Waals surface area contributed by atoms with Crippen LogP contribution >= 0.6 is 71.1 Å². The minimum Gasteiger partial charge on any atom is -0.458 e. The minimum atomic E-state index is -0.0322. The second-order valence-electron chi connectivity index (χ2n) is 17.9. The highest BCUT2D eigenvalue weighted by molar-refractivity contribution is 8.01. The van der Waals surface area contributed by atoms with Gasteiger partial charge in [0.2, 0.25) is 0 Å². The highest BCUT2D eigenvalue weighted by Gasteiger charge is 2.49. The molecule has 14 rings (SSSR count). The second-order valence-corrected chi connectivity index (χ2v) is 22.8. The van der Waals surface area contributed by atoms with Gasteiger partial charge in [-0.3, -0.25) is 12.9 Å². The molecule has 15 heteroatoms. The van der Waals surface area contributed by atoms with E-state index < -0.39 is 0 Å². The molecule has 0 saturated heterocycles. The molecule has 0 amide bonds. The number of benzene rings is 8. The average molecular weight is 1000 g/mol. The molecule has 8 aromatic carbocycles. The molecule has 0 bridgehead atoms. The Bertz CT molecular complexity index is 3530. The summed E-state index contributed by atoms with van der Waals surface area (Å²) in [5.74, 6) is 1.88. The Morgan fingerprint density at radius 2 is 0.899 bits per heavy atom. The number of nitrogens with one attached hydrogen (secondary N) is 1. The van der Waals surface area contributed by atoms with Crippen molar-refractivity contribution in [3.8, 4) is 11.5 Å². The van der Waals surface area contributed by atoms with Gasteiger partial charge in [0.05, 0.1) is 17.1 Å². The number of anilines is 11. The highest BCUT2D eigenvalue weighted by atomic mass is 32.2. The number of para-hydroxylation sites is 3. The van der Waals surface area contributed by atoms with Crippen molar-refractivity contribution in [2.75, 3.05) is 60.7 Å². The number of hydrogen-bond acceptors (Lipinski definition) is 12. The van der Waals surface area contributed by atoms with Crippen molar-refractivity contribution in [1.82, 2.24) is 0 Å². The number of hydrogen-bond donors (Lipinski definition) is 1. The molecule has 1 N–H and O–H groups in total. The van der Waals surface area contributed by atoms with Gasteiger partial charge in [-0.2, -0.15) is 0 Å². The smallest absolute Gasteiger partial charge is 0.256 e. The molecule has 0 saturated carbocycles. The molecule has 0 spiro atoms. The van der Waals surface area contributed by atoms with Gasteiger partial charge in [-0.1, -0.05) is 66.7 Å². The van der Waals surface area contributed by atoms with Gasteiger partial charge in [-0.25, -0.2) is 0 Å². The van der Waals surface area contributed by atoms with Crippen LogP contribution in [0.5, 0.6) is 11.5 Å². The maximum Gasteiger partial charge on any atom is 0.256 e. The van der Waals surface area contributed by atoms with Crippen LogP contribution in [-0.2, 0) is 0 Å². The third-order valence-electron chi connectivity index (χ3n) is 14.9. The lowest BCUT2D eigenvalue weighted by atomic mass is 9.29. The normalized spacial score (nSPS) is 14.6. The molecule has 69 heavy (non-hydrogen) atoms. The van der Waals surface area contributed by atoms with Crippen LogP contribution in [-0.4, -0.2) is 57.7 Å². The molecular weight excluding hydrogens is 959 g/mol. The van der Waals surface area contributed by atoms with Crippen molar-refractivity contribution in [2.24, 2.45) is 0 Å². The fraction of sp³-hybridized carbons (Fsp3) is 0.111. The van der Waals surface area contributed by atoms with Crippen LogP contribution in [0.4, 0.5) is 62.6 Å². The van der Waals surface area contributed by atoms with Crippen LogP contribution in [0.2, 0.25) is 0 Å². The summed E-state index contributed by atoms with van der Waals surface area (Å²) in [5.41, 5.74) is 25.1. The highest BCUT2D eigenvalue weighted by Crippen LogP contribution is 2.49. The Balaban J connectivity index is 1.04. The minimum absolute atomic E-state index is 0.00732. The first-order chi connectivity index (χ1) is 33.9. The monoisotopic (exact) mass is 1000 g/mol. The topological polar surface area (TPSA) is 34.2 Å². The predicted molar refractivity (Wildman–Crippen MR) is 313 cm³/mol. The largest absolute Gasteiger partial charge is 0.458 e. The van der Waals surface area contributed by atoms with E-state index in [1.807, 2.05) is 11.8 Å². The summed E-state index contributed by atoms with van der Waals surface area (Å²) in [5, 5.41) is 4.08. The van der Waals surface area contributed by atoms with Gasteiger partial charge in [0.25, 0.3) is 20.1 Å². The Hall–Kier alpha value is -5.15. The second kappa shape index (κ2) is 16.2. The van der Waals surface area contributed by atoms with Gasteiger partial charge >= 0.3 is 0 Å². The van der Waals surface area contributed by atoms with Crippen LogP contribution < -0.4 is 77.0 Å². The lowest BCUT2D eigenvalue weighted by Gasteiger charge is -2.46. The fourth-order valence-electron chi connectivity index (χ4n) is 12.1. The Morgan fingerprint density at radius 1 is 0.377 bits per heavy atom. The summed E-state index contributed by atoms with van der Waals surface area (Å²) >= 11 is 10.8. The Morgan fingerprint density at radius 3 is 1.57 bits per heavy atom. The third kappa shape index (κ3) is 6.01. The molecule has 334 valence electrons. The van der Waals surface area contributed by atoms with E-state index in [-0.39, 0.29) is 20.1 Å². The van der Waals surface area contributed by atoms with Gasteiger partial charge in [-0.15, -0.1) is 35.3 Å². The zero-order valence-electron chi connectivity index (χ0n) is 38.7. The maximum atomic E-state index is 6.83. The van der Waals surface area contributed by atoms with Crippen LogP contribution in [0.15, 0.2) is 154 Å². The molecule has 0 radical (unpaired) electrons. The van der Waals surface area contributed by atoms with Crippen LogP contribution in [0.1, 0.15) is 0 Å².